The number of benzene rings is 6. The van der Waals surface area contributed by atoms with Crippen LogP contribution in [0.3, 0.4) is 0 Å². The standard InChI is InChI=1S/C22H16OP.C21H22N.Ir/c23-24(20-11-3-1-4-12-20,21-13-5-2-6-14-21)22-16-15-18-9-7-8-10-19(18)17-22;1-14(2)10-17-6-5-7-21-19(17)8-9-20(22-21)18-12-15(3)11-16(4)13-18;/h1-15,17H;5-9,11-12,14H,10H2,1-4H3;/q2*-1;. The van der Waals surface area contributed by atoms with Gasteiger partial charge in [0.2, 0.25) is 0 Å². The summed E-state index contributed by atoms with van der Waals surface area (Å²) in [4.78, 5) is 4.86. The van der Waals surface area contributed by atoms with Crippen LogP contribution in [0.4, 0.5) is 0 Å². The number of fused-ring (bicyclic) bond motifs is 2. The molecule has 0 aliphatic rings. The summed E-state index contributed by atoms with van der Waals surface area (Å²) < 4.78 is 14.2. The summed E-state index contributed by atoms with van der Waals surface area (Å²) in [6.07, 6.45) is 1.09. The minimum atomic E-state index is -2.94. The van der Waals surface area contributed by atoms with Gasteiger partial charge in [0.1, 0.15) is 7.14 Å². The smallest absolute Gasteiger partial charge is 0.147 e. The molecule has 0 bridgehead atoms. The van der Waals surface area contributed by atoms with Gasteiger partial charge in [-0.2, -0.15) is 18.2 Å². The zero-order chi connectivity index (χ0) is 32.1. The second-order valence-electron chi connectivity index (χ2n) is 12.3. The topological polar surface area (TPSA) is 30.0 Å². The van der Waals surface area contributed by atoms with E-state index in [1.807, 2.05) is 97.1 Å². The summed E-state index contributed by atoms with van der Waals surface area (Å²) in [5, 5.41) is 5.88. The molecule has 237 valence electrons. The van der Waals surface area contributed by atoms with Crippen molar-refractivity contribution in [1.82, 2.24) is 4.98 Å². The number of hydrogen-bond donors (Lipinski definition) is 0. The maximum absolute atomic E-state index is 14.2. The van der Waals surface area contributed by atoms with E-state index in [2.05, 4.69) is 82.3 Å². The van der Waals surface area contributed by atoms with Gasteiger partial charge in [0.05, 0.1) is 5.52 Å². The molecule has 1 aromatic heterocycles. The second kappa shape index (κ2) is 15.2. The third-order valence-electron chi connectivity index (χ3n) is 8.12. The second-order valence-corrected chi connectivity index (χ2v) is 15.0. The maximum Gasteiger partial charge on any atom is 0.147 e. The van der Waals surface area contributed by atoms with E-state index >= 15 is 0 Å². The summed E-state index contributed by atoms with van der Waals surface area (Å²) >= 11 is 0. The van der Waals surface area contributed by atoms with Crippen LogP contribution in [-0.4, -0.2) is 4.98 Å². The Morgan fingerprint density at radius 3 is 1.98 bits per heavy atom. The van der Waals surface area contributed by atoms with E-state index in [0.717, 1.165) is 55.4 Å². The predicted octanol–water partition coefficient (Wildman–Crippen LogP) is 9.79. The van der Waals surface area contributed by atoms with Gasteiger partial charge in [-0.05, 0) is 29.7 Å². The first-order valence-corrected chi connectivity index (χ1v) is 17.5. The van der Waals surface area contributed by atoms with Crippen LogP contribution < -0.4 is 15.9 Å². The minimum absolute atomic E-state index is 0. The number of aromatic nitrogens is 1. The minimum Gasteiger partial charge on any atom is -0.311 e. The van der Waals surface area contributed by atoms with Crippen molar-refractivity contribution in [2.75, 3.05) is 0 Å². The van der Waals surface area contributed by atoms with E-state index in [9.17, 15) is 4.57 Å². The maximum atomic E-state index is 14.2. The van der Waals surface area contributed by atoms with E-state index < -0.39 is 7.14 Å². The Kier molecular flexibility index (Phi) is 11.1. The first kappa shape index (κ1) is 34.2. The van der Waals surface area contributed by atoms with Crippen molar-refractivity contribution in [1.29, 1.82) is 0 Å². The van der Waals surface area contributed by atoms with Gasteiger partial charge in [0.25, 0.3) is 0 Å². The van der Waals surface area contributed by atoms with Crippen molar-refractivity contribution in [3.63, 3.8) is 0 Å². The zero-order valence-corrected chi connectivity index (χ0v) is 30.5. The van der Waals surface area contributed by atoms with Crippen LogP contribution in [0.25, 0.3) is 32.9 Å². The molecule has 2 nitrogen and oxygen atoms in total. The Morgan fingerprint density at radius 2 is 1.34 bits per heavy atom. The number of hydrogen-bond acceptors (Lipinski definition) is 2. The molecule has 4 heteroatoms. The van der Waals surface area contributed by atoms with Crippen LogP contribution >= 0.6 is 7.14 Å². The van der Waals surface area contributed by atoms with Gasteiger partial charge in [-0.3, -0.25) is 4.98 Å². The van der Waals surface area contributed by atoms with Crippen LogP contribution in [0.2, 0.25) is 0 Å². The molecule has 1 radical (unpaired) electrons. The van der Waals surface area contributed by atoms with Gasteiger partial charge in [-0.25, -0.2) is 0 Å². The van der Waals surface area contributed by atoms with Gasteiger partial charge >= 0.3 is 0 Å². The monoisotopic (exact) mass is 808 g/mol. The molecule has 0 saturated carbocycles. The summed E-state index contributed by atoms with van der Waals surface area (Å²) in [6.45, 7) is 8.71. The summed E-state index contributed by atoms with van der Waals surface area (Å²) in [6, 6.07) is 53.2. The molecular weight excluding hydrogens is 770 g/mol. The fraction of sp³-hybridized carbons (Fsp3) is 0.140. The molecular formula is C43H38IrNOP-2. The van der Waals surface area contributed by atoms with Gasteiger partial charge < -0.3 is 4.57 Å². The molecule has 0 amide bonds. The third kappa shape index (κ3) is 7.72. The summed E-state index contributed by atoms with van der Waals surface area (Å²) in [5.74, 6) is 0.651. The van der Waals surface area contributed by atoms with Crippen molar-refractivity contribution < 1.29 is 24.7 Å². The number of pyridine rings is 1. The zero-order valence-electron chi connectivity index (χ0n) is 27.2. The van der Waals surface area contributed by atoms with Gasteiger partial charge in [-0.15, -0.1) is 51.7 Å². The molecule has 0 fully saturated rings. The molecule has 0 saturated heterocycles. The van der Waals surface area contributed by atoms with Crippen LogP contribution in [0.1, 0.15) is 30.5 Å². The van der Waals surface area contributed by atoms with E-state index in [-0.39, 0.29) is 20.1 Å². The van der Waals surface area contributed by atoms with E-state index in [1.54, 1.807) is 0 Å². The molecule has 0 atom stereocenters. The largest absolute Gasteiger partial charge is 0.311 e. The van der Waals surface area contributed by atoms with Crippen molar-refractivity contribution in [3.8, 4) is 11.3 Å². The first-order chi connectivity index (χ1) is 22.3. The number of nitrogens with zero attached hydrogens (tertiary/aromatic N) is 1. The average molecular weight is 808 g/mol. The predicted molar refractivity (Wildman–Crippen MR) is 196 cm³/mol. The van der Waals surface area contributed by atoms with E-state index in [0.29, 0.717) is 5.92 Å². The first-order valence-electron chi connectivity index (χ1n) is 15.8. The summed E-state index contributed by atoms with van der Waals surface area (Å²) in [7, 11) is -2.94. The van der Waals surface area contributed by atoms with E-state index in [1.165, 1.54) is 16.5 Å². The SMILES string of the molecule is Cc1[c-]c(-c2ccc3c(CC(C)C)cccc3n2)cc(C)c1.O=P(c1[c-]cc2ccccc2c1)(c1ccccc1)c1ccccc1.[Ir]. The van der Waals surface area contributed by atoms with Crippen LogP contribution in [0, 0.1) is 31.9 Å². The van der Waals surface area contributed by atoms with Crippen molar-refractivity contribution >= 4 is 44.7 Å². The van der Waals surface area contributed by atoms with Crippen molar-refractivity contribution in [3.05, 3.63) is 168 Å². The molecule has 0 aliphatic carbocycles. The molecule has 7 aromatic rings. The van der Waals surface area contributed by atoms with Crippen LogP contribution in [0.15, 0.2) is 140 Å². The molecule has 0 N–H and O–H groups in total. The average Bonchev–Trinajstić information content (AvgIpc) is 3.08. The van der Waals surface area contributed by atoms with Crippen molar-refractivity contribution in [2.24, 2.45) is 5.92 Å². The third-order valence-corrected chi connectivity index (χ3v) is 11.1. The fourth-order valence-electron chi connectivity index (χ4n) is 6.02. The molecule has 0 spiro atoms. The number of aryl methyl sites for hydroxylation is 2. The Morgan fingerprint density at radius 1 is 0.702 bits per heavy atom. The normalized spacial score (nSPS) is 11.2. The Balaban J connectivity index is 0.000000181. The summed E-state index contributed by atoms with van der Waals surface area (Å²) in [5.41, 5.74) is 6.95. The quantitative estimate of drug-likeness (QED) is 0.124. The fourth-order valence-corrected chi connectivity index (χ4v) is 8.62. The van der Waals surface area contributed by atoms with Gasteiger partial charge in [0.15, 0.2) is 0 Å². The molecule has 7 rings (SSSR count). The molecule has 0 aliphatic heterocycles. The molecule has 47 heavy (non-hydrogen) atoms. The van der Waals surface area contributed by atoms with Crippen LogP contribution in [0.5, 0.6) is 0 Å². The molecule has 0 unspecified atom stereocenters. The Bertz CT molecular complexity index is 2100. The van der Waals surface area contributed by atoms with Crippen molar-refractivity contribution in [2.45, 2.75) is 34.1 Å². The number of rotatable bonds is 6. The Labute approximate surface area is 292 Å². The van der Waals surface area contributed by atoms with Gasteiger partial charge in [-0.1, -0.05) is 136 Å². The van der Waals surface area contributed by atoms with E-state index in [4.69, 9.17) is 4.98 Å². The molecule has 1 heterocycles. The molecule has 6 aromatic carbocycles. The Hall–Kier alpha value is -4.13. The van der Waals surface area contributed by atoms with Gasteiger partial charge in [0, 0.05) is 36.1 Å². The van der Waals surface area contributed by atoms with Crippen LogP contribution in [-0.2, 0) is 31.1 Å².